The second-order valence-corrected chi connectivity index (χ2v) is 5.99. The first-order valence-electron chi connectivity index (χ1n) is 7.65. The third-order valence-electron chi connectivity index (χ3n) is 4.05. The van der Waals surface area contributed by atoms with E-state index in [1.54, 1.807) is 0 Å². The molecule has 0 spiro atoms. The van der Waals surface area contributed by atoms with Gasteiger partial charge in [-0.05, 0) is 26.0 Å². The number of nitrogen functional groups attached to an aromatic ring is 1. The van der Waals surface area contributed by atoms with Gasteiger partial charge in [-0.15, -0.1) is 0 Å². The minimum Gasteiger partial charge on any atom is -0.383 e. The average molecular weight is 320 g/mol. The predicted molar refractivity (Wildman–Crippen MR) is 92.8 cm³/mol. The standard InChI is InChI=1S/C17H16N6O/c1-9(2)23-17-14(16(18)19-8-20-17)15(22-23)11-4-3-10-5-12(7-24)21-13(10)6-11/h3-9,21H,1-2H3,(H2,18,19,20). The summed E-state index contributed by atoms with van der Waals surface area (Å²) in [5.74, 6) is 0.405. The molecule has 0 aliphatic heterocycles. The minimum atomic E-state index is 0.145. The van der Waals surface area contributed by atoms with Crippen LogP contribution in [0.3, 0.4) is 0 Å². The third kappa shape index (κ3) is 2.05. The van der Waals surface area contributed by atoms with Gasteiger partial charge in [-0.2, -0.15) is 5.10 Å². The quantitative estimate of drug-likeness (QED) is 0.565. The maximum atomic E-state index is 10.9. The Kier molecular flexibility index (Phi) is 3.09. The molecular formula is C17H16N6O. The molecule has 0 saturated carbocycles. The monoisotopic (exact) mass is 320 g/mol. The number of aromatic nitrogens is 5. The van der Waals surface area contributed by atoms with Crippen LogP contribution in [0.4, 0.5) is 5.82 Å². The van der Waals surface area contributed by atoms with Crippen molar-refractivity contribution < 1.29 is 4.79 Å². The van der Waals surface area contributed by atoms with Gasteiger partial charge in [-0.25, -0.2) is 14.6 Å². The van der Waals surface area contributed by atoms with Crippen molar-refractivity contribution in [2.24, 2.45) is 0 Å². The highest BCUT2D eigenvalue weighted by Gasteiger charge is 2.18. The van der Waals surface area contributed by atoms with Gasteiger partial charge < -0.3 is 10.7 Å². The van der Waals surface area contributed by atoms with E-state index in [1.807, 2.05) is 42.8 Å². The summed E-state index contributed by atoms with van der Waals surface area (Å²) < 4.78 is 1.85. The van der Waals surface area contributed by atoms with Crippen molar-refractivity contribution in [3.63, 3.8) is 0 Å². The fourth-order valence-corrected chi connectivity index (χ4v) is 2.92. The Morgan fingerprint density at radius 2 is 2.08 bits per heavy atom. The van der Waals surface area contributed by atoms with E-state index in [4.69, 9.17) is 10.8 Å². The van der Waals surface area contributed by atoms with Crippen molar-refractivity contribution in [3.8, 4) is 11.3 Å². The molecule has 3 aromatic heterocycles. The Morgan fingerprint density at radius 3 is 2.83 bits per heavy atom. The zero-order valence-electron chi connectivity index (χ0n) is 13.3. The van der Waals surface area contributed by atoms with E-state index in [2.05, 4.69) is 15.0 Å². The normalized spacial score (nSPS) is 11.6. The van der Waals surface area contributed by atoms with Crippen molar-refractivity contribution in [2.75, 3.05) is 5.73 Å². The molecule has 4 aromatic rings. The predicted octanol–water partition coefficient (Wildman–Crippen LogP) is 2.95. The summed E-state index contributed by atoms with van der Waals surface area (Å²) >= 11 is 0. The molecule has 7 heteroatoms. The van der Waals surface area contributed by atoms with Crippen LogP contribution in [-0.4, -0.2) is 31.0 Å². The molecule has 0 unspecified atom stereocenters. The molecule has 3 N–H and O–H groups in total. The molecule has 0 aliphatic rings. The highest BCUT2D eigenvalue weighted by Crippen LogP contribution is 2.32. The van der Waals surface area contributed by atoms with Crippen LogP contribution in [0.25, 0.3) is 33.2 Å². The molecule has 0 saturated heterocycles. The zero-order valence-corrected chi connectivity index (χ0v) is 13.3. The maximum Gasteiger partial charge on any atom is 0.166 e. The molecule has 1 aromatic carbocycles. The number of fused-ring (bicyclic) bond motifs is 2. The van der Waals surface area contributed by atoms with Gasteiger partial charge in [0.1, 0.15) is 17.8 Å². The first-order valence-corrected chi connectivity index (χ1v) is 7.65. The molecule has 4 rings (SSSR count). The van der Waals surface area contributed by atoms with Crippen LogP contribution < -0.4 is 5.73 Å². The molecule has 0 fully saturated rings. The van der Waals surface area contributed by atoms with E-state index in [9.17, 15) is 4.79 Å². The number of benzene rings is 1. The summed E-state index contributed by atoms with van der Waals surface area (Å²) in [7, 11) is 0. The second kappa shape index (κ2) is 5.16. The van der Waals surface area contributed by atoms with E-state index < -0.39 is 0 Å². The summed E-state index contributed by atoms with van der Waals surface area (Å²) in [6.07, 6.45) is 2.25. The first kappa shape index (κ1) is 14.4. The Morgan fingerprint density at radius 1 is 1.25 bits per heavy atom. The van der Waals surface area contributed by atoms with Crippen LogP contribution >= 0.6 is 0 Å². The van der Waals surface area contributed by atoms with Crippen LogP contribution in [0.5, 0.6) is 0 Å². The van der Waals surface area contributed by atoms with Crippen molar-refractivity contribution >= 4 is 34.0 Å². The SMILES string of the molecule is CC(C)n1nc(-c2ccc3cc(C=O)[nH]c3c2)c2c(N)ncnc21. The number of nitrogens with two attached hydrogens (primary N) is 1. The van der Waals surface area contributed by atoms with Gasteiger partial charge in [0.25, 0.3) is 0 Å². The van der Waals surface area contributed by atoms with Crippen molar-refractivity contribution in [3.05, 3.63) is 36.3 Å². The van der Waals surface area contributed by atoms with E-state index >= 15 is 0 Å². The van der Waals surface area contributed by atoms with Gasteiger partial charge in [0.15, 0.2) is 11.9 Å². The first-order chi connectivity index (χ1) is 11.6. The van der Waals surface area contributed by atoms with Gasteiger partial charge >= 0.3 is 0 Å². The van der Waals surface area contributed by atoms with Gasteiger partial charge in [-0.3, -0.25) is 4.79 Å². The Bertz CT molecular complexity index is 1080. The Labute approximate surface area is 137 Å². The Hall–Kier alpha value is -3.22. The van der Waals surface area contributed by atoms with Crippen LogP contribution in [-0.2, 0) is 0 Å². The number of rotatable bonds is 3. The van der Waals surface area contributed by atoms with Gasteiger partial charge in [-0.1, -0.05) is 12.1 Å². The fourth-order valence-electron chi connectivity index (χ4n) is 2.92. The number of aromatic amines is 1. The number of anilines is 1. The van der Waals surface area contributed by atoms with E-state index in [1.165, 1.54) is 6.33 Å². The molecule has 24 heavy (non-hydrogen) atoms. The molecule has 3 heterocycles. The largest absolute Gasteiger partial charge is 0.383 e. The fraction of sp³-hybridized carbons (Fsp3) is 0.176. The van der Waals surface area contributed by atoms with Gasteiger partial charge in [0, 0.05) is 22.5 Å². The number of hydrogen-bond acceptors (Lipinski definition) is 5. The highest BCUT2D eigenvalue weighted by molar-refractivity contribution is 6.00. The molecular weight excluding hydrogens is 304 g/mol. The second-order valence-electron chi connectivity index (χ2n) is 5.99. The molecule has 0 radical (unpaired) electrons. The van der Waals surface area contributed by atoms with E-state index in [-0.39, 0.29) is 6.04 Å². The number of H-pyrrole nitrogens is 1. The van der Waals surface area contributed by atoms with E-state index in [0.717, 1.165) is 33.8 Å². The van der Waals surface area contributed by atoms with Crippen molar-refractivity contribution in [1.82, 2.24) is 24.7 Å². The number of carbonyl (C=O) groups is 1. The zero-order chi connectivity index (χ0) is 16.8. The molecule has 120 valence electrons. The lowest BCUT2D eigenvalue weighted by atomic mass is 10.1. The summed E-state index contributed by atoms with van der Waals surface area (Å²) in [4.78, 5) is 22.5. The molecule has 0 amide bonds. The summed E-state index contributed by atoms with van der Waals surface area (Å²) in [5.41, 5.74) is 9.85. The lowest BCUT2D eigenvalue weighted by molar-refractivity contribution is 0.112. The van der Waals surface area contributed by atoms with Gasteiger partial charge in [0.2, 0.25) is 0 Å². The van der Waals surface area contributed by atoms with Gasteiger partial charge in [0.05, 0.1) is 11.1 Å². The number of nitrogens with one attached hydrogen (secondary N) is 1. The van der Waals surface area contributed by atoms with Crippen LogP contribution in [0, 0.1) is 0 Å². The number of hydrogen-bond donors (Lipinski definition) is 2. The number of carbonyl (C=O) groups excluding carboxylic acids is 1. The molecule has 7 nitrogen and oxygen atoms in total. The molecule has 0 aliphatic carbocycles. The lowest BCUT2D eigenvalue weighted by Crippen LogP contribution is -2.04. The number of aldehydes is 1. The summed E-state index contributed by atoms with van der Waals surface area (Å²) in [6, 6.07) is 7.83. The maximum absolute atomic E-state index is 10.9. The van der Waals surface area contributed by atoms with Crippen LogP contribution in [0.2, 0.25) is 0 Å². The Balaban J connectivity index is 2.00. The van der Waals surface area contributed by atoms with Crippen molar-refractivity contribution in [1.29, 1.82) is 0 Å². The minimum absolute atomic E-state index is 0.145. The molecule has 0 atom stereocenters. The van der Waals surface area contributed by atoms with Crippen LogP contribution in [0.15, 0.2) is 30.6 Å². The van der Waals surface area contributed by atoms with E-state index in [0.29, 0.717) is 17.2 Å². The summed E-state index contributed by atoms with van der Waals surface area (Å²) in [5, 5.41) is 6.42. The summed E-state index contributed by atoms with van der Waals surface area (Å²) in [6.45, 7) is 4.08. The smallest absolute Gasteiger partial charge is 0.166 e. The highest BCUT2D eigenvalue weighted by atomic mass is 16.1. The topological polar surface area (TPSA) is 102 Å². The third-order valence-corrected chi connectivity index (χ3v) is 4.05. The van der Waals surface area contributed by atoms with Crippen molar-refractivity contribution in [2.45, 2.75) is 19.9 Å². The van der Waals surface area contributed by atoms with Crippen LogP contribution in [0.1, 0.15) is 30.4 Å². The molecule has 0 bridgehead atoms. The average Bonchev–Trinajstić information content (AvgIpc) is 3.15. The lowest BCUT2D eigenvalue weighted by Gasteiger charge is -2.05. The number of nitrogens with zero attached hydrogens (tertiary/aromatic N) is 4.